The Morgan fingerprint density at radius 2 is 1.67 bits per heavy atom. The van der Waals surface area contributed by atoms with E-state index in [1.54, 1.807) is 0 Å². The molecular formula is C26H24N2O2. The highest BCUT2D eigenvalue weighted by Crippen LogP contribution is 2.31. The number of aromatic nitrogens is 1. The van der Waals surface area contributed by atoms with E-state index >= 15 is 0 Å². The molecule has 0 saturated heterocycles. The number of hydrogen-bond donors (Lipinski definition) is 1. The summed E-state index contributed by atoms with van der Waals surface area (Å²) in [5.74, 6) is 1.05. The van der Waals surface area contributed by atoms with Gasteiger partial charge in [-0.2, -0.15) is 0 Å². The molecular weight excluding hydrogens is 372 g/mol. The first-order valence-electron chi connectivity index (χ1n) is 10.4. The molecule has 0 unspecified atom stereocenters. The van der Waals surface area contributed by atoms with Crippen LogP contribution in [0.5, 0.6) is 5.75 Å². The molecule has 1 amide bonds. The van der Waals surface area contributed by atoms with E-state index in [4.69, 9.17) is 4.74 Å². The third-order valence-corrected chi connectivity index (χ3v) is 5.75. The maximum atomic E-state index is 12.8. The van der Waals surface area contributed by atoms with Gasteiger partial charge < -0.3 is 14.6 Å². The molecule has 0 radical (unpaired) electrons. The van der Waals surface area contributed by atoms with Crippen LogP contribution in [0, 0.1) is 0 Å². The van der Waals surface area contributed by atoms with Crippen molar-refractivity contribution in [1.29, 1.82) is 0 Å². The number of fused-ring (bicyclic) bond motifs is 3. The molecule has 5 rings (SSSR count). The Morgan fingerprint density at radius 3 is 2.43 bits per heavy atom. The van der Waals surface area contributed by atoms with Crippen molar-refractivity contribution in [3.05, 3.63) is 101 Å². The summed E-state index contributed by atoms with van der Waals surface area (Å²) in [5.41, 5.74) is 5.76. The van der Waals surface area contributed by atoms with Crippen LogP contribution in [-0.4, -0.2) is 22.3 Å². The molecule has 0 spiro atoms. The number of rotatable bonds is 5. The summed E-state index contributed by atoms with van der Waals surface area (Å²) in [5, 5.41) is 1.20. The topological polar surface area (TPSA) is 45.3 Å². The maximum absolute atomic E-state index is 12.8. The Labute approximate surface area is 176 Å². The third-order valence-electron chi connectivity index (χ3n) is 5.75. The zero-order chi connectivity index (χ0) is 20.3. The summed E-state index contributed by atoms with van der Waals surface area (Å²) in [6.07, 6.45) is 1.31. The van der Waals surface area contributed by atoms with Gasteiger partial charge in [-0.3, -0.25) is 4.79 Å². The number of ether oxygens (including phenoxy) is 1. The number of nitrogens with one attached hydrogen (secondary N) is 1. The lowest BCUT2D eigenvalue weighted by atomic mass is 10.0. The first-order chi connectivity index (χ1) is 14.8. The quantitative estimate of drug-likeness (QED) is 0.523. The zero-order valence-corrected chi connectivity index (χ0v) is 16.8. The van der Waals surface area contributed by atoms with Gasteiger partial charge >= 0.3 is 0 Å². The molecule has 4 heteroatoms. The van der Waals surface area contributed by atoms with Gasteiger partial charge in [0.05, 0.1) is 13.0 Å². The summed E-state index contributed by atoms with van der Waals surface area (Å²) < 4.78 is 6.01. The molecule has 0 fully saturated rings. The molecule has 0 bridgehead atoms. The average Bonchev–Trinajstić information content (AvgIpc) is 3.16. The standard InChI is InChI=1S/C26H24N2O2/c29-26(15-19-7-3-1-4-8-19)28-14-13-22-23-16-21(11-12-24(23)27-25(22)17-28)30-18-20-9-5-2-6-10-20/h1-12,16,27H,13-15,17-18H2. The van der Waals surface area contributed by atoms with Gasteiger partial charge in [0.1, 0.15) is 12.4 Å². The lowest BCUT2D eigenvalue weighted by Crippen LogP contribution is -2.36. The summed E-state index contributed by atoms with van der Waals surface area (Å²) >= 11 is 0. The summed E-state index contributed by atoms with van der Waals surface area (Å²) in [4.78, 5) is 18.2. The van der Waals surface area contributed by atoms with Gasteiger partial charge in [0.15, 0.2) is 0 Å². The number of aromatic amines is 1. The van der Waals surface area contributed by atoms with Gasteiger partial charge in [-0.1, -0.05) is 60.7 Å². The molecule has 0 aliphatic carbocycles. The van der Waals surface area contributed by atoms with Crippen molar-refractivity contribution in [3.8, 4) is 5.75 Å². The minimum absolute atomic E-state index is 0.178. The SMILES string of the molecule is O=C(Cc1ccccc1)N1CCc2c([nH]c3ccc(OCc4ccccc4)cc23)C1. The number of H-pyrrole nitrogens is 1. The van der Waals surface area contributed by atoms with Crippen molar-refractivity contribution in [2.45, 2.75) is 26.0 Å². The first kappa shape index (κ1) is 18.5. The molecule has 30 heavy (non-hydrogen) atoms. The van der Waals surface area contributed by atoms with Crippen LogP contribution in [0.15, 0.2) is 78.9 Å². The minimum atomic E-state index is 0.178. The molecule has 1 aliphatic rings. The fraction of sp³-hybridized carbons (Fsp3) is 0.192. The molecule has 150 valence electrons. The summed E-state index contributed by atoms with van der Waals surface area (Å²) in [6, 6.07) is 26.3. The Hall–Kier alpha value is -3.53. The molecule has 1 N–H and O–H groups in total. The van der Waals surface area contributed by atoms with Crippen molar-refractivity contribution in [2.24, 2.45) is 0 Å². The van der Waals surface area contributed by atoms with E-state index in [1.807, 2.05) is 59.5 Å². The second-order valence-corrected chi connectivity index (χ2v) is 7.79. The Morgan fingerprint density at radius 1 is 0.933 bits per heavy atom. The predicted molar refractivity (Wildman–Crippen MR) is 118 cm³/mol. The highest BCUT2D eigenvalue weighted by atomic mass is 16.5. The highest BCUT2D eigenvalue weighted by Gasteiger charge is 2.24. The van der Waals surface area contributed by atoms with Crippen molar-refractivity contribution in [3.63, 3.8) is 0 Å². The molecule has 0 atom stereocenters. The minimum Gasteiger partial charge on any atom is -0.489 e. The smallest absolute Gasteiger partial charge is 0.227 e. The number of nitrogens with zero attached hydrogens (tertiary/aromatic N) is 1. The van der Waals surface area contributed by atoms with Crippen LogP contribution in [0.1, 0.15) is 22.4 Å². The van der Waals surface area contributed by atoms with Gasteiger partial charge in [-0.25, -0.2) is 0 Å². The lowest BCUT2D eigenvalue weighted by molar-refractivity contribution is -0.131. The van der Waals surface area contributed by atoms with Crippen molar-refractivity contribution >= 4 is 16.8 Å². The normalized spacial score (nSPS) is 13.3. The third kappa shape index (κ3) is 3.81. The van der Waals surface area contributed by atoms with Crippen LogP contribution >= 0.6 is 0 Å². The average molecular weight is 396 g/mol. The monoisotopic (exact) mass is 396 g/mol. The van der Waals surface area contributed by atoms with Crippen LogP contribution < -0.4 is 4.74 Å². The Balaban J connectivity index is 1.31. The largest absolute Gasteiger partial charge is 0.489 e. The van der Waals surface area contributed by atoms with E-state index in [2.05, 4.69) is 29.2 Å². The van der Waals surface area contributed by atoms with Crippen molar-refractivity contribution in [2.75, 3.05) is 6.54 Å². The second kappa shape index (κ2) is 8.07. The summed E-state index contributed by atoms with van der Waals surface area (Å²) in [7, 11) is 0. The van der Waals surface area contributed by atoms with E-state index in [1.165, 1.54) is 10.9 Å². The van der Waals surface area contributed by atoms with E-state index < -0.39 is 0 Å². The maximum Gasteiger partial charge on any atom is 0.227 e. The first-order valence-corrected chi connectivity index (χ1v) is 10.4. The number of amides is 1. The van der Waals surface area contributed by atoms with Gasteiger partial charge in [-0.05, 0) is 41.3 Å². The molecule has 4 aromatic rings. The molecule has 1 aliphatic heterocycles. The van der Waals surface area contributed by atoms with Crippen LogP contribution in [0.3, 0.4) is 0 Å². The van der Waals surface area contributed by atoms with E-state index in [0.29, 0.717) is 19.6 Å². The highest BCUT2D eigenvalue weighted by molar-refractivity contribution is 5.87. The second-order valence-electron chi connectivity index (χ2n) is 7.79. The van der Waals surface area contributed by atoms with Crippen molar-refractivity contribution < 1.29 is 9.53 Å². The van der Waals surface area contributed by atoms with E-state index in [0.717, 1.165) is 41.1 Å². The van der Waals surface area contributed by atoms with E-state index in [9.17, 15) is 4.79 Å². The van der Waals surface area contributed by atoms with Gasteiger partial charge in [-0.15, -0.1) is 0 Å². The number of benzene rings is 3. The van der Waals surface area contributed by atoms with Crippen LogP contribution in [0.25, 0.3) is 10.9 Å². The molecule has 3 aromatic carbocycles. The summed E-state index contributed by atoms with van der Waals surface area (Å²) in [6.45, 7) is 1.94. The molecule has 1 aromatic heterocycles. The Kier molecular flexibility index (Phi) is 4.98. The number of hydrogen-bond acceptors (Lipinski definition) is 2. The fourth-order valence-corrected chi connectivity index (χ4v) is 4.15. The van der Waals surface area contributed by atoms with Crippen molar-refractivity contribution in [1.82, 2.24) is 9.88 Å². The fourth-order valence-electron chi connectivity index (χ4n) is 4.15. The van der Waals surface area contributed by atoms with E-state index in [-0.39, 0.29) is 5.91 Å². The van der Waals surface area contributed by atoms with Gasteiger partial charge in [0.2, 0.25) is 5.91 Å². The van der Waals surface area contributed by atoms with Gasteiger partial charge in [0.25, 0.3) is 0 Å². The van der Waals surface area contributed by atoms with Gasteiger partial charge in [0, 0.05) is 23.1 Å². The Bertz CT molecular complexity index is 1170. The number of carbonyl (C=O) groups is 1. The lowest BCUT2D eigenvalue weighted by Gasteiger charge is -2.27. The predicted octanol–water partition coefficient (Wildman–Crippen LogP) is 4.87. The number of carbonyl (C=O) groups excluding carboxylic acids is 1. The van der Waals surface area contributed by atoms with Crippen LogP contribution in [0.4, 0.5) is 0 Å². The molecule has 2 heterocycles. The molecule has 4 nitrogen and oxygen atoms in total. The van der Waals surface area contributed by atoms with Crippen LogP contribution in [-0.2, 0) is 30.8 Å². The van der Waals surface area contributed by atoms with Crippen LogP contribution in [0.2, 0.25) is 0 Å². The molecule has 0 saturated carbocycles. The zero-order valence-electron chi connectivity index (χ0n) is 16.8.